The third-order valence-corrected chi connectivity index (χ3v) is 9.12. The molecule has 0 aromatic heterocycles. The van der Waals surface area contributed by atoms with Crippen LogP contribution in [0.2, 0.25) is 0 Å². The first-order valence-electron chi connectivity index (χ1n) is 10.0. The minimum atomic E-state index is -0.358. The highest BCUT2D eigenvalue weighted by Crippen LogP contribution is 2.66. The minimum absolute atomic E-state index is 0.00183. The van der Waals surface area contributed by atoms with E-state index in [4.69, 9.17) is 9.47 Å². The number of hydrogen-bond acceptors (Lipinski definition) is 3. The molecule has 0 unspecified atom stereocenters. The largest absolute Gasteiger partial charge is 0.353 e. The van der Waals surface area contributed by atoms with Crippen LogP contribution in [0.1, 0.15) is 71.6 Å². The van der Waals surface area contributed by atoms with E-state index >= 15 is 0 Å². The van der Waals surface area contributed by atoms with Crippen molar-refractivity contribution in [3.8, 4) is 0 Å². The Bertz CT molecular complexity index is 525. The van der Waals surface area contributed by atoms with Gasteiger partial charge in [0.15, 0.2) is 5.79 Å². The molecule has 0 aromatic carbocycles. The molecule has 0 radical (unpaired) electrons. The van der Waals surface area contributed by atoms with Crippen LogP contribution < -0.4 is 0 Å². The van der Waals surface area contributed by atoms with Gasteiger partial charge in [0.1, 0.15) is 5.78 Å². The molecule has 0 saturated heterocycles. The van der Waals surface area contributed by atoms with Crippen LogP contribution in [-0.2, 0) is 14.3 Å². The first-order valence-corrected chi connectivity index (χ1v) is 10.0. The number of ketones is 1. The fourth-order valence-electron chi connectivity index (χ4n) is 7.42. The van der Waals surface area contributed by atoms with E-state index in [-0.39, 0.29) is 11.2 Å². The lowest BCUT2D eigenvalue weighted by atomic mass is 9.45. The zero-order chi connectivity index (χ0) is 17.2. The molecule has 6 atom stereocenters. The summed E-state index contributed by atoms with van der Waals surface area (Å²) in [7, 11) is 3.60. The second kappa shape index (κ2) is 5.54. The van der Waals surface area contributed by atoms with Gasteiger partial charge in [-0.2, -0.15) is 0 Å². The molecule has 4 fully saturated rings. The lowest BCUT2D eigenvalue weighted by molar-refractivity contribution is -0.261. The van der Waals surface area contributed by atoms with E-state index in [1.807, 2.05) is 0 Å². The van der Waals surface area contributed by atoms with Crippen molar-refractivity contribution in [1.82, 2.24) is 0 Å². The van der Waals surface area contributed by atoms with Crippen molar-refractivity contribution in [2.45, 2.75) is 77.4 Å². The summed E-state index contributed by atoms with van der Waals surface area (Å²) in [6.45, 7) is 4.82. The van der Waals surface area contributed by atoms with Gasteiger partial charge >= 0.3 is 0 Å². The number of rotatable bonds is 2. The number of carbonyl (C=O) groups excluding carboxylic acids is 1. The van der Waals surface area contributed by atoms with Crippen molar-refractivity contribution in [1.29, 1.82) is 0 Å². The molecule has 0 aliphatic heterocycles. The summed E-state index contributed by atoms with van der Waals surface area (Å²) in [5.74, 6) is 3.12. The van der Waals surface area contributed by atoms with Crippen molar-refractivity contribution in [2.75, 3.05) is 14.2 Å². The molecule has 4 rings (SSSR count). The van der Waals surface area contributed by atoms with E-state index in [0.29, 0.717) is 23.0 Å². The van der Waals surface area contributed by atoms with Gasteiger partial charge in [0, 0.05) is 38.9 Å². The maximum atomic E-state index is 12.5. The summed E-state index contributed by atoms with van der Waals surface area (Å²) < 4.78 is 11.6. The Morgan fingerprint density at radius 1 is 0.917 bits per heavy atom. The second-order valence-electron chi connectivity index (χ2n) is 9.60. The van der Waals surface area contributed by atoms with Crippen LogP contribution in [0.15, 0.2) is 0 Å². The molecule has 0 N–H and O–H groups in total. The van der Waals surface area contributed by atoms with Crippen molar-refractivity contribution >= 4 is 5.78 Å². The highest BCUT2D eigenvalue weighted by Gasteiger charge is 2.61. The standard InChI is InChI=1S/C21H34O3/c1-19-11-12-21(23-3,24-4)13-14(19)5-6-15-16-7-8-18(22)20(16,2)10-9-17(15)19/h14-17H,5-13H2,1-4H3/t14-,15-,16-,17-,19-,20-/m0/s1. The van der Waals surface area contributed by atoms with Gasteiger partial charge in [0.25, 0.3) is 0 Å². The third kappa shape index (κ3) is 2.13. The first kappa shape index (κ1) is 17.0. The van der Waals surface area contributed by atoms with Gasteiger partial charge in [-0.1, -0.05) is 13.8 Å². The fourth-order valence-corrected chi connectivity index (χ4v) is 7.42. The summed E-state index contributed by atoms with van der Waals surface area (Å²) in [4.78, 5) is 12.5. The van der Waals surface area contributed by atoms with Crippen LogP contribution in [0.3, 0.4) is 0 Å². The lowest BCUT2D eigenvalue weighted by Gasteiger charge is -2.61. The number of Topliss-reactive ketones (excluding diaryl/α,β-unsaturated/α-hetero) is 1. The van der Waals surface area contributed by atoms with Crippen LogP contribution in [0.25, 0.3) is 0 Å². The van der Waals surface area contributed by atoms with Crippen molar-refractivity contribution in [3.63, 3.8) is 0 Å². The maximum absolute atomic E-state index is 12.5. The SMILES string of the molecule is COC1(OC)CC[C@@]2(C)[C@@H](CC[C@@H]3[C@@H]2CC[C@]2(C)C(=O)CC[C@@H]32)C1. The highest BCUT2D eigenvalue weighted by molar-refractivity contribution is 5.87. The Hall–Kier alpha value is -0.410. The quantitative estimate of drug-likeness (QED) is 0.693. The summed E-state index contributed by atoms with van der Waals surface area (Å²) in [6, 6.07) is 0. The summed E-state index contributed by atoms with van der Waals surface area (Å²) in [6.07, 6.45) is 10.2. The molecular weight excluding hydrogens is 300 g/mol. The van der Waals surface area contributed by atoms with Gasteiger partial charge in [-0.25, -0.2) is 0 Å². The smallest absolute Gasteiger partial charge is 0.167 e. The molecule has 3 nitrogen and oxygen atoms in total. The molecule has 24 heavy (non-hydrogen) atoms. The predicted molar refractivity (Wildman–Crippen MR) is 93.5 cm³/mol. The van der Waals surface area contributed by atoms with Crippen LogP contribution >= 0.6 is 0 Å². The molecule has 0 amide bonds. The molecule has 4 saturated carbocycles. The Kier molecular flexibility index (Phi) is 3.93. The van der Waals surface area contributed by atoms with E-state index in [1.165, 1.54) is 25.7 Å². The van der Waals surface area contributed by atoms with Crippen molar-refractivity contribution in [2.24, 2.45) is 34.5 Å². The van der Waals surface area contributed by atoms with Crippen LogP contribution in [0.4, 0.5) is 0 Å². The average Bonchev–Trinajstić information content (AvgIpc) is 2.90. The molecule has 3 heteroatoms. The molecular formula is C21H34O3. The average molecular weight is 335 g/mol. The topological polar surface area (TPSA) is 35.5 Å². The summed E-state index contributed by atoms with van der Waals surface area (Å²) in [5, 5.41) is 0. The predicted octanol–water partition coefficient (Wildman–Crippen LogP) is 4.59. The van der Waals surface area contributed by atoms with Gasteiger partial charge in [-0.05, 0) is 67.6 Å². The first-order chi connectivity index (χ1) is 11.4. The second-order valence-corrected chi connectivity index (χ2v) is 9.60. The molecule has 0 spiro atoms. The normalized spacial score (nSPS) is 50.1. The van der Waals surface area contributed by atoms with Gasteiger partial charge in [0.05, 0.1) is 0 Å². The van der Waals surface area contributed by atoms with E-state index in [2.05, 4.69) is 13.8 Å². The van der Waals surface area contributed by atoms with Gasteiger partial charge in [0.2, 0.25) is 0 Å². The van der Waals surface area contributed by atoms with Crippen LogP contribution in [0.5, 0.6) is 0 Å². The van der Waals surface area contributed by atoms with Crippen molar-refractivity contribution in [3.05, 3.63) is 0 Å². The Labute approximate surface area is 146 Å². The molecule has 4 aliphatic rings. The van der Waals surface area contributed by atoms with Crippen LogP contribution in [-0.4, -0.2) is 25.8 Å². The highest BCUT2D eigenvalue weighted by atomic mass is 16.7. The summed E-state index contributed by atoms with van der Waals surface area (Å²) >= 11 is 0. The minimum Gasteiger partial charge on any atom is -0.353 e. The number of hydrogen-bond donors (Lipinski definition) is 0. The zero-order valence-electron chi connectivity index (χ0n) is 15.9. The number of methoxy groups -OCH3 is 2. The monoisotopic (exact) mass is 334 g/mol. The Balaban J connectivity index is 1.60. The molecule has 0 heterocycles. The summed E-state index contributed by atoms with van der Waals surface area (Å²) in [5.41, 5.74) is 0.415. The van der Waals surface area contributed by atoms with E-state index in [9.17, 15) is 4.79 Å². The molecule has 0 bridgehead atoms. The van der Waals surface area contributed by atoms with Crippen molar-refractivity contribution < 1.29 is 14.3 Å². The third-order valence-electron chi connectivity index (χ3n) is 9.12. The van der Waals surface area contributed by atoms with E-state index < -0.39 is 0 Å². The molecule has 0 aromatic rings. The zero-order valence-corrected chi connectivity index (χ0v) is 15.9. The molecule has 136 valence electrons. The van der Waals surface area contributed by atoms with Gasteiger partial charge in [-0.15, -0.1) is 0 Å². The molecule has 4 aliphatic carbocycles. The lowest BCUT2D eigenvalue weighted by Crippen LogP contribution is -2.56. The van der Waals surface area contributed by atoms with E-state index in [0.717, 1.165) is 43.9 Å². The van der Waals surface area contributed by atoms with Crippen LogP contribution in [0, 0.1) is 34.5 Å². The number of carbonyl (C=O) groups is 1. The maximum Gasteiger partial charge on any atom is 0.167 e. The van der Waals surface area contributed by atoms with Gasteiger partial charge < -0.3 is 9.47 Å². The van der Waals surface area contributed by atoms with Gasteiger partial charge in [-0.3, -0.25) is 4.79 Å². The Morgan fingerprint density at radius 3 is 2.38 bits per heavy atom. The number of fused-ring (bicyclic) bond motifs is 5. The number of ether oxygens (including phenoxy) is 2. The Morgan fingerprint density at radius 2 is 1.67 bits per heavy atom. The van der Waals surface area contributed by atoms with E-state index in [1.54, 1.807) is 14.2 Å². The fraction of sp³-hybridized carbons (Fsp3) is 0.952.